The predicted molar refractivity (Wildman–Crippen MR) is 127 cm³/mol. The minimum atomic E-state index is -4.64. The molecule has 0 saturated heterocycles. The van der Waals surface area contributed by atoms with E-state index in [9.17, 15) is 22.8 Å². The molecule has 4 rings (SSSR count). The Labute approximate surface area is 210 Å². The zero-order valence-electron chi connectivity index (χ0n) is 20.0. The van der Waals surface area contributed by atoms with E-state index in [-0.39, 0.29) is 24.0 Å². The number of amides is 2. The number of para-hydroxylation sites is 1. The molecule has 1 aromatic heterocycles. The smallest absolute Gasteiger partial charge is 0.420 e. The molecule has 0 spiro atoms. The van der Waals surface area contributed by atoms with Gasteiger partial charge in [0, 0.05) is 0 Å². The summed E-state index contributed by atoms with van der Waals surface area (Å²) in [7, 11) is 2.73. The number of benzene rings is 2. The van der Waals surface area contributed by atoms with E-state index in [1.54, 1.807) is 24.3 Å². The van der Waals surface area contributed by atoms with Crippen molar-refractivity contribution in [1.82, 2.24) is 15.6 Å². The first kappa shape index (κ1) is 25.8. The molecule has 2 amide bonds. The molecule has 0 bridgehead atoms. The fourth-order valence-electron chi connectivity index (χ4n) is 3.64. The van der Waals surface area contributed by atoms with Gasteiger partial charge in [0.1, 0.15) is 34.1 Å². The van der Waals surface area contributed by atoms with Crippen molar-refractivity contribution in [3.8, 4) is 23.0 Å². The number of aromatic nitrogens is 1. The number of methoxy groups -OCH3 is 2. The lowest BCUT2D eigenvalue weighted by molar-refractivity contribution is -0.138. The molecule has 1 heterocycles. The van der Waals surface area contributed by atoms with Crippen LogP contribution in [0.5, 0.6) is 23.0 Å². The molecule has 11 heteroatoms. The molecule has 2 N–H and O–H groups in total. The van der Waals surface area contributed by atoms with Crippen molar-refractivity contribution < 1.29 is 37.0 Å². The normalized spacial score (nSPS) is 13.9. The molecule has 0 radical (unpaired) electrons. The Morgan fingerprint density at radius 2 is 1.70 bits per heavy atom. The second-order valence-electron chi connectivity index (χ2n) is 8.37. The third kappa shape index (κ3) is 5.93. The third-order valence-corrected chi connectivity index (χ3v) is 5.84. The lowest BCUT2D eigenvalue weighted by Crippen LogP contribution is -2.48. The van der Waals surface area contributed by atoms with Crippen LogP contribution >= 0.6 is 0 Å². The SMILES string of the molecule is COc1ccc(Oc2ccc(CNC(=O)C3(NC(=O)c4ccccc4OC)CC3)nc2)c(C(F)(F)F)c1. The van der Waals surface area contributed by atoms with Gasteiger partial charge in [0.15, 0.2) is 0 Å². The number of hydrogen-bond donors (Lipinski definition) is 2. The van der Waals surface area contributed by atoms with Crippen molar-refractivity contribution in [2.24, 2.45) is 0 Å². The van der Waals surface area contributed by atoms with Gasteiger partial charge < -0.3 is 24.8 Å². The lowest BCUT2D eigenvalue weighted by Gasteiger charge is -2.18. The Morgan fingerprint density at radius 1 is 0.973 bits per heavy atom. The van der Waals surface area contributed by atoms with Crippen molar-refractivity contribution in [2.75, 3.05) is 14.2 Å². The molecule has 0 unspecified atom stereocenters. The molecule has 37 heavy (non-hydrogen) atoms. The Bertz CT molecular complexity index is 1290. The van der Waals surface area contributed by atoms with E-state index >= 15 is 0 Å². The summed E-state index contributed by atoms with van der Waals surface area (Å²) >= 11 is 0. The summed E-state index contributed by atoms with van der Waals surface area (Å²) in [6.45, 7) is 0.0573. The van der Waals surface area contributed by atoms with Crippen LogP contribution in [0.3, 0.4) is 0 Å². The zero-order valence-corrected chi connectivity index (χ0v) is 20.0. The van der Waals surface area contributed by atoms with Crippen molar-refractivity contribution in [3.05, 3.63) is 77.6 Å². The summed E-state index contributed by atoms with van der Waals surface area (Å²) in [5, 5.41) is 5.53. The van der Waals surface area contributed by atoms with E-state index in [1.807, 2.05) is 0 Å². The number of carbonyl (C=O) groups excluding carboxylic acids is 2. The van der Waals surface area contributed by atoms with Gasteiger partial charge >= 0.3 is 6.18 Å². The van der Waals surface area contributed by atoms with E-state index in [2.05, 4.69) is 15.6 Å². The van der Waals surface area contributed by atoms with Gasteiger partial charge in [-0.15, -0.1) is 0 Å². The van der Waals surface area contributed by atoms with Crippen LogP contribution in [0, 0.1) is 0 Å². The number of ether oxygens (including phenoxy) is 3. The highest BCUT2D eigenvalue weighted by atomic mass is 19.4. The number of carbonyl (C=O) groups is 2. The van der Waals surface area contributed by atoms with E-state index in [0.717, 1.165) is 6.07 Å². The molecule has 3 aromatic rings. The van der Waals surface area contributed by atoms with Crippen molar-refractivity contribution >= 4 is 11.8 Å². The lowest BCUT2D eigenvalue weighted by atomic mass is 10.1. The molecule has 2 aromatic carbocycles. The van der Waals surface area contributed by atoms with Crippen molar-refractivity contribution in [2.45, 2.75) is 31.1 Å². The highest BCUT2D eigenvalue weighted by Crippen LogP contribution is 2.40. The summed E-state index contributed by atoms with van der Waals surface area (Å²) in [5.74, 6) is -0.616. The molecule has 8 nitrogen and oxygen atoms in total. The van der Waals surface area contributed by atoms with Gasteiger partial charge in [-0.3, -0.25) is 14.6 Å². The first-order valence-corrected chi connectivity index (χ1v) is 11.3. The van der Waals surface area contributed by atoms with Crippen LogP contribution in [0.25, 0.3) is 0 Å². The van der Waals surface area contributed by atoms with Gasteiger partial charge in [0.05, 0.1) is 38.2 Å². The van der Waals surface area contributed by atoms with Crippen LogP contribution in [-0.4, -0.2) is 36.6 Å². The monoisotopic (exact) mass is 515 g/mol. The van der Waals surface area contributed by atoms with Gasteiger partial charge in [-0.05, 0) is 55.3 Å². The predicted octanol–water partition coefficient (Wildman–Crippen LogP) is 4.49. The van der Waals surface area contributed by atoms with E-state index in [0.29, 0.717) is 29.8 Å². The fraction of sp³-hybridized carbons (Fsp3) is 0.269. The quantitative estimate of drug-likeness (QED) is 0.436. The first-order valence-electron chi connectivity index (χ1n) is 11.3. The zero-order chi connectivity index (χ0) is 26.6. The van der Waals surface area contributed by atoms with Gasteiger partial charge in [-0.25, -0.2) is 0 Å². The molecule has 0 atom stereocenters. The molecule has 194 valence electrons. The highest BCUT2D eigenvalue weighted by Gasteiger charge is 2.51. The van der Waals surface area contributed by atoms with E-state index < -0.39 is 28.9 Å². The van der Waals surface area contributed by atoms with Crippen LogP contribution in [0.2, 0.25) is 0 Å². The standard InChI is InChI=1S/C26H24F3N3O5/c1-35-17-9-10-22(20(13-17)26(27,28)29)37-18-8-7-16(30-15-18)14-31-24(34)25(11-12-25)32-23(33)19-5-3-4-6-21(19)36-2/h3-10,13,15H,11-12,14H2,1-2H3,(H,31,34)(H,32,33). The topological polar surface area (TPSA) is 98.8 Å². The first-order chi connectivity index (χ1) is 17.6. The third-order valence-electron chi connectivity index (χ3n) is 5.84. The minimum Gasteiger partial charge on any atom is -0.497 e. The summed E-state index contributed by atoms with van der Waals surface area (Å²) in [6, 6.07) is 13.1. The summed E-state index contributed by atoms with van der Waals surface area (Å²) in [5.41, 5.74) is -1.21. The van der Waals surface area contributed by atoms with Gasteiger partial charge in [0.2, 0.25) is 5.91 Å². The Morgan fingerprint density at radius 3 is 2.32 bits per heavy atom. The average Bonchev–Trinajstić information content (AvgIpc) is 3.68. The number of nitrogens with one attached hydrogen (secondary N) is 2. The second kappa shape index (κ2) is 10.4. The van der Waals surface area contributed by atoms with Crippen LogP contribution in [0.4, 0.5) is 13.2 Å². The summed E-state index contributed by atoms with van der Waals surface area (Å²) in [6.07, 6.45) is -2.39. The van der Waals surface area contributed by atoms with Crippen LogP contribution in [0.1, 0.15) is 34.5 Å². The molecular weight excluding hydrogens is 491 g/mol. The number of alkyl halides is 3. The Hall–Kier alpha value is -4.28. The molecule has 1 aliphatic rings. The maximum absolute atomic E-state index is 13.4. The molecule has 1 fully saturated rings. The van der Waals surface area contributed by atoms with Crippen molar-refractivity contribution in [1.29, 1.82) is 0 Å². The van der Waals surface area contributed by atoms with Crippen molar-refractivity contribution in [3.63, 3.8) is 0 Å². The van der Waals surface area contributed by atoms with Gasteiger partial charge in [-0.2, -0.15) is 13.2 Å². The van der Waals surface area contributed by atoms with Gasteiger partial charge in [-0.1, -0.05) is 12.1 Å². The maximum Gasteiger partial charge on any atom is 0.420 e. The minimum absolute atomic E-state index is 0.0522. The van der Waals surface area contributed by atoms with Crippen LogP contribution < -0.4 is 24.8 Å². The average molecular weight is 515 g/mol. The molecular formula is C26H24F3N3O5. The summed E-state index contributed by atoms with van der Waals surface area (Å²) in [4.78, 5) is 29.6. The number of halogens is 3. The van der Waals surface area contributed by atoms with Crippen LogP contribution in [-0.2, 0) is 17.5 Å². The highest BCUT2D eigenvalue weighted by molar-refractivity contribution is 6.02. The number of nitrogens with zero attached hydrogens (tertiary/aromatic N) is 1. The molecule has 0 aliphatic heterocycles. The van der Waals surface area contributed by atoms with Crippen LogP contribution in [0.15, 0.2) is 60.8 Å². The number of hydrogen-bond acceptors (Lipinski definition) is 6. The number of pyridine rings is 1. The van der Waals surface area contributed by atoms with Gasteiger partial charge in [0.25, 0.3) is 5.91 Å². The fourth-order valence-corrected chi connectivity index (χ4v) is 3.64. The maximum atomic E-state index is 13.4. The molecule has 1 aliphatic carbocycles. The molecule has 1 saturated carbocycles. The summed E-state index contributed by atoms with van der Waals surface area (Å²) < 4.78 is 55.7. The van der Waals surface area contributed by atoms with E-state index in [4.69, 9.17) is 14.2 Å². The largest absolute Gasteiger partial charge is 0.497 e. The second-order valence-corrected chi connectivity index (χ2v) is 8.37. The van der Waals surface area contributed by atoms with E-state index in [1.165, 1.54) is 44.7 Å². The Balaban J connectivity index is 1.36. The number of rotatable bonds is 9. The Kier molecular flexibility index (Phi) is 7.23.